The van der Waals surface area contributed by atoms with E-state index in [2.05, 4.69) is 15.6 Å². The van der Waals surface area contributed by atoms with Crippen molar-refractivity contribution in [3.63, 3.8) is 0 Å². The van der Waals surface area contributed by atoms with Gasteiger partial charge in [-0.25, -0.2) is 9.97 Å². The maximum Gasteiger partial charge on any atom is 0.253 e. The predicted molar refractivity (Wildman–Crippen MR) is 103 cm³/mol. The number of benzene rings is 1. The molecule has 7 heteroatoms. The van der Waals surface area contributed by atoms with Gasteiger partial charge < -0.3 is 20.7 Å². The van der Waals surface area contributed by atoms with Gasteiger partial charge in [-0.15, -0.1) is 0 Å². The van der Waals surface area contributed by atoms with Crippen molar-refractivity contribution in [2.45, 2.75) is 38.3 Å². The van der Waals surface area contributed by atoms with Crippen LogP contribution in [-0.4, -0.2) is 44.7 Å². The second-order valence-corrected chi connectivity index (χ2v) is 7.38. The Morgan fingerprint density at radius 2 is 2.07 bits per heavy atom. The van der Waals surface area contributed by atoms with E-state index in [-0.39, 0.29) is 18.1 Å². The number of aromatic nitrogens is 3. The number of fused-ring (bicyclic) bond motifs is 2. The molecule has 5 rings (SSSR count). The number of nitrogens with zero attached hydrogens (tertiary/aromatic N) is 2. The normalized spacial score (nSPS) is 21.5. The van der Waals surface area contributed by atoms with Crippen molar-refractivity contribution in [1.29, 1.82) is 0 Å². The van der Waals surface area contributed by atoms with Gasteiger partial charge >= 0.3 is 0 Å². The van der Waals surface area contributed by atoms with Gasteiger partial charge in [0.25, 0.3) is 5.91 Å². The van der Waals surface area contributed by atoms with Crippen LogP contribution in [0, 0.1) is 6.92 Å². The number of aromatic amines is 1. The number of anilines is 1. The fourth-order valence-corrected chi connectivity index (χ4v) is 3.86. The Bertz CT molecular complexity index is 1050. The second-order valence-electron chi connectivity index (χ2n) is 7.38. The molecule has 27 heavy (non-hydrogen) atoms. The number of carbonyl (C=O) groups excluding carboxylic acids is 1. The molecule has 3 heterocycles. The molecule has 4 N–H and O–H groups in total. The third kappa shape index (κ3) is 2.75. The summed E-state index contributed by atoms with van der Waals surface area (Å²) in [5.74, 6) is 0.715. The third-order valence-electron chi connectivity index (χ3n) is 5.42. The van der Waals surface area contributed by atoms with E-state index in [1.165, 1.54) is 0 Å². The summed E-state index contributed by atoms with van der Waals surface area (Å²) in [6.07, 6.45) is 2.05. The Kier molecular flexibility index (Phi) is 3.65. The molecular weight excluding hydrogens is 342 g/mol. The summed E-state index contributed by atoms with van der Waals surface area (Å²) in [6, 6.07) is 8.04. The summed E-state index contributed by atoms with van der Waals surface area (Å²) in [5.41, 5.74) is 5.93. The van der Waals surface area contributed by atoms with Crippen LogP contribution in [0.2, 0.25) is 0 Å². The van der Waals surface area contributed by atoms with Crippen molar-refractivity contribution in [3.05, 3.63) is 41.2 Å². The molecule has 2 aliphatic rings. The average molecular weight is 363 g/mol. The van der Waals surface area contributed by atoms with Crippen LogP contribution in [0.15, 0.2) is 24.3 Å². The van der Waals surface area contributed by atoms with Crippen LogP contribution in [0.4, 0.5) is 5.82 Å². The molecule has 0 atom stereocenters. The van der Waals surface area contributed by atoms with Crippen LogP contribution >= 0.6 is 0 Å². The minimum atomic E-state index is -0.219. The van der Waals surface area contributed by atoms with Crippen LogP contribution in [0.1, 0.15) is 34.6 Å². The number of aliphatic hydroxyl groups is 1. The van der Waals surface area contributed by atoms with Crippen LogP contribution in [0.5, 0.6) is 0 Å². The molecule has 1 aromatic carbocycles. The Hall–Kier alpha value is -2.93. The van der Waals surface area contributed by atoms with Gasteiger partial charge in [0.1, 0.15) is 11.3 Å². The summed E-state index contributed by atoms with van der Waals surface area (Å²) in [6.45, 7) is 2.59. The number of para-hydroxylation sites is 1. The number of carbonyl (C=O) groups is 1. The lowest BCUT2D eigenvalue weighted by Gasteiger charge is -2.32. The average Bonchev–Trinajstić information content (AvgIpc) is 3.06. The number of hydrogen-bond acceptors (Lipinski definition) is 5. The lowest BCUT2D eigenvalue weighted by Crippen LogP contribution is -2.39. The molecule has 0 saturated heterocycles. The van der Waals surface area contributed by atoms with Gasteiger partial charge in [-0.2, -0.15) is 0 Å². The standard InChI is InChI=1S/C20H21N5O2/c1-10-19(23-11-7-12(26)8-11)25-18-13(3-2-4-16(18)22-10)17-9-14-15(24-17)5-6-21-20(14)27/h2-4,9,11-12,24,26H,5-8H2,1H3,(H,21,27)(H,23,25)/t11-,12-. The van der Waals surface area contributed by atoms with Crippen LogP contribution < -0.4 is 10.6 Å². The quantitative estimate of drug-likeness (QED) is 0.571. The van der Waals surface area contributed by atoms with E-state index < -0.39 is 0 Å². The zero-order valence-electron chi connectivity index (χ0n) is 15.0. The van der Waals surface area contributed by atoms with E-state index >= 15 is 0 Å². The first kappa shape index (κ1) is 16.3. The molecule has 0 radical (unpaired) electrons. The van der Waals surface area contributed by atoms with E-state index in [4.69, 9.17) is 9.97 Å². The third-order valence-corrected chi connectivity index (χ3v) is 5.42. The van der Waals surface area contributed by atoms with Crippen molar-refractivity contribution in [3.8, 4) is 11.3 Å². The topological polar surface area (TPSA) is 103 Å². The van der Waals surface area contributed by atoms with Crippen molar-refractivity contribution in [2.24, 2.45) is 0 Å². The van der Waals surface area contributed by atoms with Gasteiger partial charge in [0.15, 0.2) is 0 Å². The smallest absolute Gasteiger partial charge is 0.253 e. The highest BCUT2D eigenvalue weighted by Gasteiger charge is 2.28. The lowest BCUT2D eigenvalue weighted by atomic mass is 9.89. The maximum absolute atomic E-state index is 12.1. The number of aliphatic hydroxyl groups excluding tert-OH is 1. The monoisotopic (exact) mass is 363 g/mol. The number of nitrogens with one attached hydrogen (secondary N) is 3. The van der Waals surface area contributed by atoms with Crippen LogP contribution in [0.25, 0.3) is 22.3 Å². The van der Waals surface area contributed by atoms with Crippen molar-refractivity contribution < 1.29 is 9.90 Å². The molecule has 0 spiro atoms. The Morgan fingerprint density at radius 1 is 1.22 bits per heavy atom. The van der Waals surface area contributed by atoms with E-state index in [0.717, 1.165) is 58.8 Å². The van der Waals surface area contributed by atoms with Gasteiger partial charge in [-0.3, -0.25) is 4.79 Å². The van der Waals surface area contributed by atoms with Crippen molar-refractivity contribution in [1.82, 2.24) is 20.3 Å². The molecule has 1 aliphatic carbocycles. The zero-order valence-corrected chi connectivity index (χ0v) is 15.0. The van der Waals surface area contributed by atoms with Crippen LogP contribution in [0.3, 0.4) is 0 Å². The van der Waals surface area contributed by atoms with E-state index in [1.54, 1.807) is 0 Å². The molecular formula is C20H21N5O2. The molecule has 1 amide bonds. The number of amides is 1. The fraction of sp³-hybridized carbons (Fsp3) is 0.350. The fourth-order valence-electron chi connectivity index (χ4n) is 3.86. The summed E-state index contributed by atoms with van der Waals surface area (Å²) in [5, 5.41) is 15.8. The Balaban J connectivity index is 1.59. The zero-order chi connectivity index (χ0) is 18.5. The minimum Gasteiger partial charge on any atom is -0.393 e. The van der Waals surface area contributed by atoms with Crippen molar-refractivity contribution >= 4 is 22.8 Å². The minimum absolute atomic E-state index is 0.0354. The molecule has 7 nitrogen and oxygen atoms in total. The molecule has 1 fully saturated rings. The first-order valence-electron chi connectivity index (χ1n) is 9.31. The summed E-state index contributed by atoms with van der Waals surface area (Å²) >= 11 is 0. The lowest BCUT2D eigenvalue weighted by molar-refractivity contribution is 0.0835. The van der Waals surface area contributed by atoms with Gasteiger partial charge in [0, 0.05) is 36.0 Å². The number of hydrogen-bond donors (Lipinski definition) is 4. The molecule has 0 bridgehead atoms. The first-order chi connectivity index (χ1) is 13.1. The molecule has 0 unspecified atom stereocenters. The highest BCUT2D eigenvalue weighted by Crippen LogP contribution is 2.31. The van der Waals surface area contributed by atoms with E-state index in [1.807, 2.05) is 31.2 Å². The highest BCUT2D eigenvalue weighted by atomic mass is 16.3. The highest BCUT2D eigenvalue weighted by molar-refractivity contribution is 5.99. The second kappa shape index (κ2) is 6.06. The molecule has 2 aromatic heterocycles. The number of H-pyrrole nitrogens is 1. The molecule has 1 saturated carbocycles. The van der Waals surface area contributed by atoms with E-state index in [0.29, 0.717) is 12.1 Å². The molecule has 3 aromatic rings. The van der Waals surface area contributed by atoms with Crippen LogP contribution in [-0.2, 0) is 6.42 Å². The van der Waals surface area contributed by atoms with E-state index in [9.17, 15) is 9.90 Å². The number of aryl methyl sites for hydroxylation is 1. The first-order valence-corrected chi connectivity index (χ1v) is 9.31. The molecule has 138 valence electrons. The summed E-state index contributed by atoms with van der Waals surface area (Å²) < 4.78 is 0. The SMILES string of the molecule is Cc1nc2cccc(-c3cc4c([nH]3)CCNC4=O)c2nc1N[C@H]1C[C@H](O)C1. The Labute approximate surface area is 156 Å². The van der Waals surface area contributed by atoms with Gasteiger partial charge in [-0.1, -0.05) is 12.1 Å². The number of rotatable bonds is 3. The van der Waals surface area contributed by atoms with Gasteiger partial charge in [0.2, 0.25) is 0 Å². The summed E-state index contributed by atoms with van der Waals surface area (Å²) in [7, 11) is 0. The van der Waals surface area contributed by atoms with Crippen molar-refractivity contribution in [2.75, 3.05) is 11.9 Å². The van der Waals surface area contributed by atoms with Gasteiger partial charge in [0.05, 0.1) is 22.9 Å². The summed E-state index contributed by atoms with van der Waals surface area (Å²) in [4.78, 5) is 25.0. The predicted octanol–water partition coefficient (Wildman–Crippen LogP) is 2.15. The maximum atomic E-state index is 12.1. The van der Waals surface area contributed by atoms with Gasteiger partial charge in [-0.05, 0) is 31.9 Å². The largest absolute Gasteiger partial charge is 0.393 e. The molecule has 1 aliphatic heterocycles. The Morgan fingerprint density at radius 3 is 2.85 bits per heavy atom.